The molecule has 0 aliphatic carbocycles. The van der Waals surface area contributed by atoms with Gasteiger partial charge >= 0.3 is 5.69 Å². The molecule has 0 aliphatic heterocycles. The van der Waals surface area contributed by atoms with Gasteiger partial charge in [0.1, 0.15) is 0 Å². The highest BCUT2D eigenvalue weighted by Gasteiger charge is 2.16. The van der Waals surface area contributed by atoms with Crippen LogP contribution in [0.15, 0.2) is 27.2 Å². The van der Waals surface area contributed by atoms with Gasteiger partial charge in [-0.05, 0) is 10.4 Å². The molecule has 3 aromatic heterocycles. The van der Waals surface area contributed by atoms with Gasteiger partial charge in [-0.15, -0.1) is 4.68 Å². The van der Waals surface area contributed by atoms with Crippen LogP contribution in [0.2, 0.25) is 0 Å². The van der Waals surface area contributed by atoms with Crippen molar-refractivity contribution in [3.63, 3.8) is 0 Å². The zero-order chi connectivity index (χ0) is 14.1. The summed E-state index contributed by atoms with van der Waals surface area (Å²) >= 11 is 1.20. The second kappa shape index (κ2) is 4.65. The molecule has 3 heterocycles. The van der Waals surface area contributed by atoms with Crippen LogP contribution in [0.4, 0.5) is 0 Å². The third-order valence-corrected chi connectivity index (χ3v) is 2.87. The molecule has 0 radical (unpaired) electrons. The largest absolute Gasteiger partial charge is 0.462 e. The first-order chi connectivity index (χ1) is 9.65. The number of nitrogens with zero attached hydrogens (tertiary/aromatic N) is 6. The van der Waals surface area contributed by atoms with Gasteiger partial charge in [-0.2, -0.15) is 9.67 Å². The van der Waals surface area contributed by atoms with E-state index in [1.165, 1.54) is 24.8 Å². The van der Waals surface area contributed by atoms with E-state index in [9.17, 15) is 4.79 Å². The number of aromatic nitrogens is 6. The summed E-state index contributed by atoms with van der Waals surface area (Å²) in [5, 5.41) is 9.15. The highest BCUT2D eigenvalue weighted by molar-refractivity contribution is 7.11. The summed E-state index contributed by atoms with van der Waals surface area (Å²) in [5.74, 6) is 0.528. The standard InChI is InChI=1S/C9H8N6O3S/c1-14-9(16)15(13-12-14)7-6(18-5-11-7)4-17-8-10-2-3-19-8/h2-3,5H,4H2,1H3/i2T. The Morgan fingerprint density at radius 1 is 1.53 bits per heavy atom. The minimum absolute atomic E-state index is 0.0191. The highest BCUT2D eigenvalue weighted by Crippen LogP contribution is 2.17. The number of rotatable bonds is 4. The Balaban J connectivity index is 1.83. The van der Waals surface area contributed by atoms with Crippen molar-refractivity contribution >= 4 is 11.3 Å². The number of oxazole rings is 1. The SMILES string of the molecule is [3H]c1csc(OCc2ocnc2-n2nnn(C)c2=O)n1. The van der Waals surface area contributed by atoms with Gasteiger partial charge < -0.3 is 9.15 Å². The Morgan fingerprint density at radius 2 is 2.42 bits per heavy atom. The Morgan fingerprint density at radius 3 is 3.11 bits per heavy atom. The van der Waals surface area contributed by atoms with Crippen molar-refractivity contribution in [3.05, 3.63) is 34.2 Å². The molecule has 0 aromatic carbocycles. The highest BCUT2D eigenvalue weighted by atomic mass is 32.1. The van der Waals surface area contributed by atoms with E-state index in [0.29, 0.717) is 11.0 Å². The van der Waals surface area contributed by atoms with Gasteiger partial charge in [0.2, 0.25) is 5.82 Å². The molecule has 10 heteroatoms. The third kappa shape index (κ3) is 2.12. The molecule has 0 amide bonds. The molecule has 3 rings (SSSR count). The fourth-order valence-corrected chi connectivity index (χ4v) is 1.80. The quantitative estimate of drug-likeness (QED) is 0.663. The van der Waals surface area contributed by atoms with Crippen molar-refractivity contribution in [2.45, 2.75) is 6.61 Å². The molecule has 0 atom stereocenters. The van der Waals surface area contributed by atoms with Gasteiger partial charge in [-0.1, -0.05) is 11.3 Å². The van der Waals surface area contributed by atoms with E-state index in [2.05, 4.69) is 20.4 Å². The van der Waals surface area contributed by atoms with Crippen molar-refractivity contribution in [3.8, 4) is 11.0 Å². The van der Waals surface area contributed by atoms with E-state index in [1.54, 1.807) is 5.38 Å². The Kier molecular flexibility index (Phi) is 2.55. The lowest BCUT2D eigenvalue weighted by Crippen LogP contribution is -2.23. The van der Waals surface area contributed by atoms with E-state index in [0.717, 1.165) is 9.36 Å². The first-order valence-electron chi connectivity index (χ1n) is 5.62. The molecule has 0 N–H and O–H groups in total. The van der Waals surface area contributed by atoms with E-state index >= 15 is 0 Å². The predicted molar refractivity (Wildman–Crippen MR) is 63.1 cm³/mol. The molecule has 98 valence electrons. The number of tetrazole rings is 1. The van der Waals surface area contributed by atoms with Crippen LogP contribution < -0.4 is 10.4 Å². The summed E-state index contributed by atoms with van der Waals surface area (Å²) in [6, 6.07) is 0. The zero-order valence-corrected chi connectivity index (χ0v) is 10.5. The molecule has 3 aromatic rings. The van der Waals surface area contributed by atoms with Crippen LogP contribution in [0, 0.1) is 0 Å². The summed E-state index contributed by atoms with van der Waals surface area (Å²) in [6.45, 7) is 0.0191. The van der Waals surface area contributed by atoms with E-state index in [1.807, 2.05) is 0 Å². The maximum Gasteiger partial charge on any atom is 0.369 e. The lowest BCUT2D eigenvalue weighted by atomic mass is 10.5. The molecular formula is C9H8N6O3S. The Hall–Kier alpha value is -2.49. The fraction of sp³-hybridized carbons (Fsp3) is 0.222. The van der Waals surface area contributed by atoms with Crippen LogP contribution in [0.5, 0.6) is 5.19 Å². The summed E-state index contributed by atoms with van der Waals surface area (Å²) in [7, 11) is 1.48. The first-order valence-corrected chi connectivity index (χ1v) is 6.00. The minimum atomic E-state index is -0.442. The smallest absolute Gasteiger partial charge is 0.369 e. The normalized spacial score (nSPS) is 11.5. The molecule has 0 fully saturated rings. The van der Waals surface area contributed by atoms with Crippen LogP contribution in [0.3, 0.4) is 0 Å². The molecule has 0 aliphatic rings. The summed E-state index contributed by atoms with van der Waals surface area (Å²) in [4.78, 5) is 19.5. The summed E-state index contributed by atoms with van der Waals surface area (Å²) in [6.07, 6.45) is 1.32. The second-order valence-electron chi connectivity index (χ2n) is 3.43. The maximum atomic E-state index is 11.7. The zero-order valence-electron chi connectivity index (χ0n) is 10.7. The molecule has 0 bridgehead atoms. The molecule has 0 spiro atoms. The van der Waals surface area contributed by atoms with Crippen LogP contribution in [-0.4, -0.2) is 29.8 Å². The molecule has 9 nitrogen and oxygen atoms in total. The average Bonchev–Trinajstić information content (AvgIpc) is 3.11. The number of ether oxygens (including phenoxy) is 1. The van der Waals surface area contributed by atoms with Crippen molar-refractivity contribution in [2.24, 2.45) is 7.05 Å². The molecule has 19 heavy (non-hydrogen) atoms. The number of hydrogen-bond acceptors (Lipinski definition) is 8. The first kappa shape index (κ1) is 10.4. The third-order valence-electron chi connectivity index (χ3n) is 2.24. The summed E-state index contributed by atoms with van der Waals surface area (Å²) in [5.41, 5.74) is -0.442. The van der Waals surface area contributed by atoms with Gasteiger partial charge in [0.25, 0.3) is 5.19 Å². The predicted octanol–water partition coefficient (Wildman–Crippen LogP) is -0.0105. The van der Waals surface area contributed by atoms with Crippen molar-refractivity contribution in [1.29, 1.82) is 0 Å². The van der Waals surface area contributed by atoms with Gasteiger partial charge in [-0.25, -0.2) is 9.78 Å². The van der Waals surface area contributed by atoms with Gasteiger partial charge in [-0.3, -0.25) is 0 Å². The van der Waals surface area contributed by atoms with Crippen LogP contribution in [-0.2, 0) is 13.7 Å². The maximum absolute atomic E-state index is 11.7. The van der Waals surface area contributed by atoms with Gasteiger partial charge in [0.15, 0.2) is 18.8 Å². The topological polar surface area (TPSA) is 101 Å². The number of hydrogen-bond donors (Lipinski definition) is 0. The average molecular weight is 282 g/mol. The van der Waals surface area contributed by atoms with Crippen molar-refractivity contribution in [1.82, 2.24) is 29.8 Å². The molecule has 0 saturated carbocycles. The Bertz CT molecular complexity index is 790. The van der Waals surface area contributed by atoms with E-state index < -0.39 is 5.69 Å². The van der Waals surface area contributed by atoms with Crippen molar-refractivity contribution < 1.29 is 10.5 Å². The second-order valence-corrected chi connectivity index (χ2v) is 4.25. The molecular weight excluding hydrogens is 272 g/mol. The molecule has 0 saturated heterocycles. The lowest BCUT2D eigenvalue weighted by molar-refractivity contribution is 0.268. The van der Waals surface area contributed by atoms with Crippen LogP contribution in [0.1, 0.15) is 7.13 Å². The lowest BCUT2D eigenvalue weighted by Gasteiger charge is -2.00. The van der Waals surface area contributed by atoms with E-state index in [-0.39, 0.29) is 18.6 Å². The fourth-order valence-electron chi connectivity index (χ4n) is 1.36. The van der Waals surface area contributed by atoms with Gasteiger partial charge in [0, 0.05) is 18.6 Å². The summed E-state index contributed by atoms with van der Waals surface area (Å²) < 4.78 is 19.9. The number of aryl methyl sites for hydroxylation is 1. The van der Waals surface area contributed by atoms with Crippen molar-refractivity contribution in [2.75, 3.05) is 0 Å². The monoisotopic (exact) mass is 282 g/mol. The molecule has 0 unspecified atom stereocenters. The minimum Gasteiger partial charge on any atom is -0.462 e. The Labute approximate surface area is 111 Å². The number of thiazole rings is 1. The van der Waals surface area contributed by atoms with E-state index in [4.69, 9.17) is 10.5 Å². The van der Waals surface area contributed by atoms with Gasteiger partial charge in [0.05, 0.1) is 1.37 Å². The van der Waals surface area contributed by atoms with Crippen LogP contribution >= 0.6 is 11.3 Å². The van der Waals surface area contributed by atoms with Crippen LogP contribution in [0.25, 0.3) is 5.82 Å².